The van der Waals surface area contributed by atoms with Crippen LogP contribution in [0.25, 0.3) is 0 Å². The summed E-state index contributed by atoms with van der Waals surface area (Å²) in [6.07, 6.45) is 0. The number of aliphatic hydroxyl groups excluding tert-OH is 1. The predicted molar refractivity (Wildman–Crippen MR) is 106 cm³/mol. The maximum Gasteiger partial charge on any atom is 0.348 e. The molecule has 3 rings (SSSR count). The minimum absolute atomic E-state index is 0.0722. The third kappa shape index (κ3) is 3.76. The van der Waals surface area contributed by atoms with E-state index in [1.54, 1.807) is 0 Å². The minimum Gasteiger partial charge on any atom is -0.462 e. The van der Waals surface area contributed by atoms with Gasteiger partial charge in [0, 0.05) is 30.8 Å². The number of para-hydroxylation sites is 2. The molecule has 0 spiro atoms. The fourth-order valence-corrected chi connectivity index (χ4v) is 3.55. The molecule has 0 saturated carbocycles. The van der Waals surface area contributed by atoms with Crippen molar-refractivity contribution in [2.45, 2.75) is 19.4 Å². The first-order valence-electron chi connectivity index (χ1n) is 9.68. The van der Waals surface area contributed by atoms with Gasteiger partial charge in [0.15, 0.2) is 0 Å². The van der Waals surface area contributed by atoms with Gasteiger partial charge >= 0.3 is 5.97 Å². The molecule has 150 valence electrons. The van der Waals surface area contributed by atoms with Crippen LogP contribution in [0.2, 0.25) is 0 Å². The number of benzene rings is 2. The van der Waals surface area contributed by atoms with Crippen LogP contribution < -0.4 is 4.74 Å². The molecule has 1 heterocycles. The molecule has 28 heavy (non-hydrogen) atoms. The number of carbonyl (C=O) groups excluding carboxylic acids is 1. The Morgan fingerprint density at radius 3 is 2.18 bits per heavy atom. The number of carbonyl (C=O) groups is 1. The van der Waals surface area contributed by atoms with Crippen molar-refractivity contribution >= 4 is 5.97 Å². The number of ether oxygens (including phenoxy) is 3. The van der Waals surface area contributed by atoms with Crippen LogP contribution in [0.1, 0.15) is 25.0 Å². The summed E-state index contributed by atoms with van der Waals surface area (Å²) >= 11 is 0. The van der Waals surface area contributed by atoms with E-state index in [9.17, 15) is 4.79 Å². The van der Waals surface area contributed by atoms with Crippen LogP contribution in [0.3, 0.4) is 0 Å². The molecule has 1 N–H and O–H groups in total. The number of rotatable bonds is 9. The number of nitrogens with zero attached hydrogens (tertiary/aromatic N) is 1. The highest BCUT2D eigenvalue weighted by Gasteiger charge is 2.51. The van der Waals surface area contributed by atoms with Crippen LogP contribution >= 0.6 is 0 Å². The lowest BCUT2D eigenvalue weighted by atomic mass is 9.83. The predicted octanol–water partition coefficient (Wildman–Crippen LogP) is 2.93. The number of hydrogen-bond donors (Lipinski definition) is 1. The summed E-state index contributed by atoms with van der Waals surface area (Å²) in [5.41, 5.74) is -0.0830. The van der Waals surface area contributed by atoms with Gasteiger partial charge in [0.05, 0.1) is 6.61 Å². The number of aliphatic hydroxyl groups is 1. The van der Waals surface area contributed by atoms with Gasteiger partial charge in [0.1, 0.15) is 18.1 Å². The van der Waals surface area contributed by atoms with Crippen molar-refractivity contribution in [3.05, 3.63) is 59.7 Å². The summed E-state index contributed by atoms with van der Waals surface area (Å²) in [7, 11) is 0. The van der Waals surface area contributed by atoms with Crippen molar-refractivity contribution in [2.75, 3.05) is 39.5 Å². The first kappa shape index (κ1) is 20.3. The summed E-state index contributed by atoms with van der Waals surface area (Å²) in [4.78, 5) is 15.4. The van der Waals surface area contributed by atoms with Gasteiger partial charge < -0.3 is 19.3 Å². The maximum atomic E-state index is 13.4. The summed E-state index contributed by atoms with van der Waals surface area (Å²) < 4.78 is 17.8. The minimum atomic E-state index is -1.37. The van der Waals surface area contributed by atoms with Crippen LogP contribution in [-0.2, 0) is 19.9 Å². The van der Waals surface area contributed by atoms with Gasteiger partial charge in [-0.15, -0.1) is 0 Å². The molecule has 1 aliphatic heterocycles. The molecule has 0 amide bonds. The van der Waals surface area contributed by atoms with E-state index in [1.165, 1.54) is 0 Å². The van der Waals surface area contributed by atoms with E-state index in [0.717, 1.165) is 6.54 Å². The highest BCUT2D eigenvalue weighted by Crippen LogP contribution is 2.49. The number of hydrogen-bond acceptors (Lipinski definition) is 6. The molecular formula is C22H27NO5. The summed E-state index contributed by atoms with van der Waals surface area (Å²) in [6.45, 7) is 6.35. The van der Waals surface area contributed by atoms with Crippen molar-refractivity contribution in [1.29, 1.82) is 0 Å². The molecule has 6 heteroatoms. The first-order valence-corrected chi connectivity index (χ1v) is 9.68. The number of likely N-dealkylation sites (N-methyl/N-ethyl adjacent to an activating group) is 1. The van der Waals surface area contributed by atoms with Gasteiger partial charge in [-0.25, -0.2) is 4.79 Å². The Hall–Kier alpha value is -2.41. The standard InChI is InChI=1S/C22H27NO5/c1-3-23(13-15-24)14-16-26-21(25)22(27-4-2)17-9-5-7-11-19(17)28-20-12-8-6-10-18(20)22/h5-12,24H,3-4,13-16H2,1-2H3. The lowest BCUT2D eigenvalue weighted by Crippen LogP contribution is -2.44. The lowest BCUT2D eigenvalue weighted by Gasteiger charge is -2.37. The Bertz CT molecular complexity index is 762. The molecule has 2 aromatic carbocycles. The van der Waals surface area contributed by atoms with Crippen LogP contribution in [0, 0.1) is 0 Å². The van der Waals surface area contributed by atoms with E-state index in [2.05, 4.69) is 0 Å². The molecule has 0 saturated heterocycles. The average molecular weight is 385 g/mol. The van der Waals surface area contributed by atoms with Crippen molar-refractivity contribution in [2.24, 2.45) is 0 Å². The Labute approximate surface area is 165 Å². The van der Waals surface area contributed by atoms with Crippen LogP contribution in [0.4, 0.5) is 0 Å². The van der Waals surface area contributed by atoms with E-state index in [0.29, 0.717) is 42.3 Å². The van der Waals surface area contributed by atoms with Crippen LogP contribution in [0.15, 0.2) is 48.5 Å². The van der Waals surface area contributed by atoms with E-state index >= 15 is 0 Å². The quantitative estimate of drug-likeness (QED) is 0.670. The second-order valence-electron chi connectivity index (χ2n) is 6.50. The Morgan fingerprint density at radius 1 is 1.04 bits per heavy atom. The first-order chi connectivity index (χ1) is 13.7. The number of fused-ring (bicyclic) bond motifs is 2. The molecule has 0 atom stereocenters. The van der Waals surface area contributed by atoms with E-state index < -0.39 is 11.6 Å². The molecule has 0 fully saturated rings. The summed E-state index contributed by atoms with van der Waals surface area (Å²) in [5.74, 6) is 0.710. The lowest BCUT2D eigenvalue weighted by molar-refractivity contribution is -0.169. The third-order valence-electron chi connectivity index (χ3n) is 4.91. The Kier molecular flexibility index (Phi) is 6.67. The zero-order valence-electron chi connectivity index (χ0n) is 16.4. The second kappa shape index (κ2) is 9.19. The monoisotopic (exact) mass is 385 g/mol. The van der Waals surface area contributed by atoms with E-state index in [1.807, 2.05) is 67.3 Å². The van der Waals surface area contributed by atoms with Gasteiger partial charge in [-0.1, -0.05) is 43.3 Å². The van der Waals surface area contributed by atoms with Gasteiger partial charge in [-0.3, -0.25) is 4.90 Å². The van der Waals surface area contributed by atoms with Crippen molar-refractivity contribution in [3.8, 4) is 11.5 Å². The molecule has 0 unspecified atom stereocenters. The number of esters is 1. The molecule has 6 nitrogen and oxygen atoms in total. The van der Waals surface area contributed by atoms with Crippen molar-refractivity contribution in [1.82, 2.24) is 4.90 Å². The SMILES string of the molecule is CCOC1(C(=O)OCCN(CC)CCO)c2ccccc2Oc2ccccc21. The average Bonchev–Trinajstić information content (AvgIpc) is 2.72. The van der Waals surface area contributed by atoms with Crippen molar-refractivity contribution in [3.63, 3.8) is 0 Å². The molecule has 1 aliphatic rings. The highest BCUT2D eigenvalue weighted by molar-refractivity contribution is 5.89. The normalized spacial score (nSPS) is 14.1. The highest BCUT2D eigenvalue weighted by atomic mass is 16.6. The topological polar surface area (TPSA) is 68.2 Å². The Morgan fingerprint density at radius 2 is 1.64 bits per heavy atom. The summed E-state index contributed by atoms with van der Waals surface area (Å²) in [5, 5.41) is 9.13. The molecule has 0 aromatic heterocycles. The fraction of sp³-hybridized carbons (Fsp3) is 0.409. The van der Waals surface area contributed by atoms with E-state index in [-0.39, 0.29) is 13.2 Å². The van der Waals surface area contributed by atoms with Gasteiger partial charge in [0.2, 0.25) is 5.60 Å². The zero-order valence-corrected chi connectivity index (χ0v) is 16.4. The summed E-state index contributed by atoms with van der Waals surface area (Å²) in [6, 6.07) is 14.8. The van der Waals surface area contributed by atoms with Gasteiger partial charge in [-0.2, -0.15) is 0 Å². The largest absolute Gasteiger partial charge is 0.462 e. The van der Waals surface area contributed by atoms with Gasteiger partial charge in [-0.05, 0) is 25.6 Å². The molecular weight excluding hydrogens is 358 g/mol. The van der Waals surface area contributed by atoms with Crippen LogP contribution in [0.5, 0.6) is 11.5 Å². The van der Waals surface area contributed by atoms with Crippen LogP contribution in [-0.4, -0.2) is 55.4 Å². The molecule has 0 bridgehead atoms. The smallest absolute Gasteiger partial charge is 0.348 e. The maximum absolute atomic E-state index is 13.4. The van der Waals surface area contributed by atoms with Crippen molar-refractivity contribution < 1.29 is 24.1 Å². The van der Waals surface area contributed by atoms with Gasteiger partial charge in [0.25, 0.3) is 0 Å². The zero-order chi connectivity index (χ0) is 20.0. The molecule has 0 radical (unpaired) electrons. The fourth-order valence-electron chi connectivity index (χ4n) is 3.55. The van der Waals surface area contributed by atoms with E-state index in [4.69, 9.17) is 19.3 Å². The molecule has 2 aromatic rings. The third-order valence-corrected chi connectivity index (χ3v) is 4.91. The Balaban J connectivity index is 1.94. The molecule has 0 aliphatic carbocycles. The second-order valence-corrected chi connectivity index (χ2v) is 6.50.